The van der Waals surface area contributed by atoms with Gasteiger partial charge in [0.05, 0.1) is 58.7 Å². The molecule has 2 saturated heterocycles. The maximum absolute atomic E-state index is 6.35. The number of halogens is 2. The molecule has 0 spiro atoms. The molecule has 0 aliphatic carbocycles. The molecule has 2 aliphatic rings. The molecule has 2 aromatic rings. The minimum absolute atomic E-state index is 0.206. The summed E-state index contributed by atoms with van der Waals surface area (Å²) in [5.41, 5.74) is 2.41. The van der Waals surface area contributed by atoms with Crippen LogP contribution in [0.2, 0.25) is 0 Å². The van der Waals surface area contributed by atoms with Crippen LogP contribution in [-0.4, -0.2) is 45.5 Å². The molecule has 0 N–H and O–H groups in total. The van der Waals surface area contributed by atoms with Crippen LogP contribution in [0.5, 0.6) is 0 Å². The molecule has 162 valence electrons. The van der Waals surface area contributed by atoms with Crippen molar-refractivity contribution in [3.05, 3.63) is 71.8 Å². The number of hydrogen-bond acceptors (Lipinski definition) is 4. The molecule has 30 heavy (non-hydrogen) atoms. The van der Waals surface area contributed by atoms with Gasteiger partial charge >= 0.3 is 0 Å². The Morgan fingerprint density at radius 1 is 0.700 bits per heavy atom. The average Bonchev–Trinajstić information content (AvgIpc) is 3.35. The molecule has 0 saturated carbocycles. The Morgan fingerprint density at radius 2 is 1.10 bits per heavy atom. The van der Waals surface area contributed by atoms with E-state index in [2.05, 4.69) is 69.4 Å². The van der Waals surface area contributed by atoms with Crippen molar-refractivity contribution in [2.75, 3.05) is 13.2 Å². The van der Waals surface area contributed by atoms with E-state index in [1.54, 1.807) is 0 Å². The van der Waals surface area contributed by atoms with Crippen LogP contribution in [0.1, 0.15) is 24.0 Å². The lowest BCUT2D eigenvalue weighted by molar-refractivity contribution is 0.0208. The zero-order valence-corrected chi connectivity index (χ0v) is 21.2. The number of alkyl halides is 2. The first-order valence-electron chi connectivity index (χ1n) is 10.5. The number of fused-ring (bicyclic) bond motifs is 1. The molecule has 2 aromatic carbocycles. The Balaban J connectivity index is 1.14. The van der Waals surface area contributed by atoms with Gasteiger partial charge in [0.2, 0.25) is 0 Å². The van der Waals surface area contributed by atoms with Crippen LogP contribution in [0.15, 0.2) is 60.7 Å². The number of benzene rings is 2. The van der Waals surface area contributed by atoms with Gasteiger partial charge in [-0.25, -0.2) is 0 Å². The first-order chi connectivity index (χ1) is 14.7. The van der Waals surface area contributed by atoms with Gasteiger partial charge in [-0.1, -0.05) is 106 Å². The Bertz CT molecular complexity index is 683. The average molecular weight is 634 g/mol. The molecule has 4 nitrogen and oxygen atoms in total. The van der Waals surface area contributed by atoms with Gasteiger partial charge in [-0.3, -0.25) is 0 Å². The van der Waals surface area contributed by atoms with Crippen molar-refractivity contribution in [1.82, 2.24) is 0 Å². The molecule has 0 bridgehead atoms. The molecule has 2 aliphatic heterocycles. The van der Waals surface area contributed by atoms with Gasteiger partial charge in [-0.05, 0) is 11.1 Å². The fourth-order valence-electron chi connectivity index (χ4n) is 4.02. The fraction of sp³-hybridized carbons (Fsp3) is 0.500. The van der Waals surface area contributed by atoms with E-state index < -0.39 is 0 Å². The molecular weight excluding hydrogens is 606 g/mol. The minimum Gasteiger partial charge on any atom is -0.376 e. The lowest BCUT2D eigenvalue weighted by Gasteiger charge is -2.22. The maximum Gasteiger partial charge on any atom is 0.0867 e. The van der Waals surface area contributed by atoms with Crippen LogP contribution in [0.3, 0.4) is 0 Å². The summed E-state index contributed by atoms with van der Waals surface area (Å²) in [6.45, 7) is 2.70. The number of rotatable bonds is 10. The molecular formula is C24H28I2O4. The van der Waals surface area contributed by atoms with Crippen molar-refractivity contribution >= 4 is 45.2 Å². The number of ether oxygens (including phenoxy) is 4. The van der Waals surface area contributed by atoms with Gasteiger partial charge in [0.1, 0.15) is 0 Å². The van der Waals surface area contributed by atoms with E-state index in [1.807, 2.05) is 36.4 Å². The van der Waals surface area contributed by atoms with Crippen molar-refractivity contribution in [2.24, 2.45) is 0 Å². The third-order valence-electron chi connectivity index (χ3n) is 5.63. The third kappa shape index (κ3) is 6.38. The highest BCUT2D eigenvalue weighted by molar-refractivity contribution is 14.1. The standard InChI is InChI=1S/C24H28I2O4/c25-19(15-27-13-17-7-3-1-4-8-17)21-11-23-24(29-21)12-22(30-23)20(26)16-28-14-18-9-5-2-6-10-18/h1-10,19-24H,11-16H2/t19-,20-,21+,22+,23+,24+/m0/s1. The van der Waals surface area contributed by atoms with Crippen molar-refractivity contribution < 1.29 is 18.9 Å². The molecule has 0 radical (unpaired) electrons. The second-order valence-electron chi connectivity index (χ2n) is 7.93. The lowest BCUT2D eigenvalue weighted by atomic mass is 10.1. The lowest BCUT2D eigenvalue weighted by Crippen LogP contribution is -2.30. The fourth-order valence-corrected chi connectivity index (χ4v) is 5.45. The first kappa shape index (κ1) is 22.9. The van der Waals surface area contributed by atoms with E-state index >= 15 is 0 Å². The monoisotopic (exact) mass is 634 g/mol. The van der Waals surface area contributed by atoms with Gasteiger partial charge in [0.15, 0.2) is 0 Å². The predicted octanol–water partition coefficient (Wildman–Crippen LogP) is 5.34. The summed E-state index contributed by atoms with van der Waals surface area (Å²) in [7, 11) is 0. The van der Waals surface area contributed by atoms with Gasteiger partial charge in [-0.15, -0.1) is 0 Å². The number of hydrogen-bond donors (Lipinski definition) is 0. The van der Waals surface area contributed by atoms with E-state index in [1.165, 1.54) is 11.1 Å². The van der Waals surface area contributed by atoms with E-state index in [4.69, 9.17) is 18.9 Å². The topological polar surface area (TPSA) is 36.9 Å². The van der Waals surface area contributed by atoms with Crippen LogP contribution in [0.4, 0.5) is 0 Å². The Morgan fingerprint density at radius 3 is 1.50 bits per heavy atom. The Labute approximate surface area is 206 Å². The van der Waals surface area contributed by atoms with Crippen LogP contribution in [-0.2, 0) is 32.2 Å². The summed E-state index contributed by atoms with van der Waals surface area (Å²) < 4.78 is 25.2. The molecule has 0 unspecified atom stereocenters. The SMILES string of the molecule is I[C@@H](COCc1ccccc1)[C@H]1C[C@H]2O[C@@H]([C@@H](I)COCc3ccccc3)C[C@H]2O1. The largest absolute Gasteiger partial charge is 0.376 e. The second kappa shape index (κ2) is 11.6. The smallest absolute Gasteiger partial charge is 0.0867 e. The quantitative estimate of drug-likeness (QED) is 0.262. The van der Waals surface area contributed by atoms with E-state index in [0.717, 1.165) is 12.8 Å². The zero-order valence-electron chi connectivity index (χ0n) is 16.9. The Hall–Kier alpha value is -0.260. The van der Waals surface area contributed by atoms with E-state index in [-0.39, 0.29) is 24.4 Å². The highest BCUT2D eigenvalue weighted by Crippen LogP contribution is 2.39. The van der Waals surface area contributed by atoms with Crippen molar-refractivity contribution in [3.8, 4) is 0 Å². The Kier molecular flexibility index (Phi) is 8.83. The van der Waals surface area contributed by atoms with Crippen LogP contribution in [0, 0.1) is 0 Å². The molecule has 4 rings (SSSR count). The summed E-state index contributed by atoms with van der Waals surface area (Å²) >= 11 is 4.92. The third-order valence-corrected chi connectivity index (χ3v) is 7.95. The summed E-state index contributed by atoms with van der Waals surface area (Å²) in [5, 5.41) is 0. The second-order valence-corrected chi connectivity index (χ2v) is 11.1. The normalized spacial score (nSPS) is 27.7. The molecule has 6 atom stereocenters. The molecule has 0 aromatic heterocycles. The van der Waals surface area contributed by atoms with Crippen molar-refractivity contribution in [2.45, 2.75) is 58.3 Å². The van der Waals surface area contributed by atoms with E-state index in [0.29, 0.717) is 34.3 Å². The summed E-state index contributed by atoms with van der Waals surface area (Å²) in [4.78, 5) is 0. The van der Waals surface area contributed by atoms with Crippen molar-refractivity contribution in [1.29, 1.82) is 0 Å². The van der Waals surface area contributed by atoms with Crippen LogP contribution in [0.25, 0.3) is 0 Å². The summed E-state index contributed by atoms with van der Waals surface area (Å²) in [5.74, 6) is 0. The van der Waals surface area contributed by atoms with Crippen LogP contribution >= 0.6 is 45.2 Å². The highest BCUT2D eigenvalue weighted by atomic mass is 127. The van der Waals surface area contributed by atoms with Gasteiger partial charge in [0, 0.05) is 12.8 Å². The summed E-state index contributed by atoms with van der Waals surface area (Å²) in [6.07, 6.45) is 2.74. The predicted molar refractivity (Wildman–Crippen MR) is 134 cm³/mol. The zero-order chi connectivity index (χ0) is 20.8. The van der Waals surface area contributed by atoms with Gasteiger partial charge in [-0.2, -0.15) is 0 Å². The minimum atomic E-state index is 0.206. The molecule has 0 amide bonds. The first-order valence-corrected chi connectivity index (χ1v) is 13.0. The molecule has 2 fully saturated rings. The highest BCUT2D eigenvalue weighted by Gasteiger charge is 2.47. The molecule has 2 heterocycles. The van der Waals surface area contributed by atoms with E-state index in [9.17, 15) is 0 Å². The summed E-state index contributed by atoms with van der Waals surface area (Å²) in [6, 6.07) is 20.6. The molecule has 6 heteroatoms. The van der Waals surface area contributed by atoms with Crippen molar-refractivity contribution in [3.63, 3.8) is 0 Å². The van der Waals surface area contributed by atoms with Gasteiger partial charge in [0.25, 0.3) is 0 Å². The maximum atomic E-state index is 6.35. The van der Waals surface area contributed by atoms with Gasteiger partial charge < -0.3 is 18.9 Å². The van der Waals surface area contributed by atoms with Crippen LogP contribution < -0.4 is 0 Å².